The number of primary amides is 1. The van der Waals surface area contributed by atoms with E-state index in [0.717, 1.165) is 75.5 Å². The summed E-state index contributed by atoms with van der Waals surface area (Å²) in [5.41, 5.74) is 5.48. The minimum absolute atomic E-state index is 0.111. The van der Waals surface area contributed by atoms with E-state index in [4.69, 9.17) is 20.3 Å². The number of nitrogens with two attached hydrogens (primary N) is 1. The number of aliphatic carboxylic acids is 1. The van der Waals surface area contributed by atoms with Crippen molar-refractivity contribution >= 4 is 54.2 Å². The maximum Gasteiger partial charge on any atom is 0.306 e. The molecule has 0 spiro atoms. The lowest BCUT2D eigenvalue weighted by Gasteiger charge is -2.34. The monoisotopic (exact) mass is 885 g/mol. The molecule has 0 aromatic carbocycles. The van der Waals surface area contributed by atoms with Crippen LogP contribution in [0.3, 0.4) is 0 Å². The van der Waals surface area contributed by atoms with Gasteiger partial charge in [-0.05, 0) is 32.6 Å². The predicted octanol–water partition coefficient (Wildman–Crippen LogP) is 8.11. The van der Waals surface area contributed by atoms with E-state index < -0.39 is 72.8 Å². The molecule has 0 aromatic rings. The number of carboxylic acids is 1. The van der Waals surface area contributed by atoms with Crippen LogP contribution in [0.15, 0.2) is 0 Å². The Morgan fingerprint density at radius 3 is 1.49 bits per heavy atom. The molecule has 0 aliphatic rings. The Morgan fingerprint density at radius 1 is 0.607 bits per heavy atom. The molecule has 15 heteroatoms. The molecule has 354 valence electrons. The zero-order chi connectivity index (χ0) is 45.7. The SMILES string of the molecule is CCCCCCCCCCCC(=O)OC[C@@H](CN(C(=O)C(CS)NC(=O)CCCCCCC)[C@@H](C)C(=O)N[C@H](CCC(=O)O)C(N)=O)OC(=O)CCCCCCCCCCC. The lowest BCUT2D eigenvalue weighted by atomic mass is 10.1. The third-order valence-electron chi connectivity index (χ3n) is 10.9. The molecule has 0 saturated carbocycles. The number of amides is 4. The third kappa shape index (κ3) is 31.2. The number of unbranched alkanes of at least 4 members (excludes halogenated alkanes) is 20. The number of nitrogens with zero attached hydrogens (tertiary/aromatic N) is 1. The number of hydrogen-bond donors (Lipinski definition) is 5. The molecule has 0 heterocycles. The summed E-state index contributed by atoms with van der Waals surface area (Å²) >= 11 is 4.35. The smallest absolute Gasteiger partial charge is 0.306 e. The fraction of sp³-hybridized carbons (Fsp3) is 0.848. The van der Waals surface area contributed by atoms with Gasteiger partial charge >= 0.3 is 17.9 Å². The number of thiol groups is 1. The average Bonchev–Trinajstić information content (AvgIpc) is 3.23. The molecule has 5 N–H and O–H groups in total. The highest BCUT2D eigenvalue weighted by Gasteiger charge is 2.35. The first kappa shape index (κ1) is 57.6. The van der Waals surface area contributed by atoms with E-state index in [0.29, 0.717) is 19.3 Å². The van der Waals surface area contributed by atoms with E-state index in [-0.39, 0.29) is 44.0 Å². The van der Waals surface area contributed by atoms with E-state index in [9.17, 15) is 33.6 Å². The van der Waals surface area contributed by atoms with Crippen LogP contribution in [0.25, 0.3) is 0 Å². The molecule has 0 bridgehead atoms. The van der Waals surface area contributed by atoms with E-state index in [2.05, 4.69) is 44.0 Å². The molecule has 14 nitrogen and oxygen atoms in total. The molecule has 0 fully saturated rings. The Bertz CT molecular complexity index is 1240. The largest absolute Gasteiger partial charge is 0.481 e. The standard InChI is InChI=1S/C46H84N4O10S/c1-5-8-11-14-16-18-20-23-26-29-42(54)59-34-37(60-43(55)30-27-24-21-19-17-15-12-9-6-2)33-50(36(4)45(57)49-38(44(47)56)31-32-41(52)53)46(58)39(35-61)48-40(51)28-25-22-13-10-7-3/h36-39,61H,5-35H2,1-4H3,(H2,47,56)(H,48,51)(H,49,57)(H,52,53)/t36-,37+,38+,39?/m0/s1. The van der Waals surface area contributed by atoms with Crippen LogP contribution in [-0.2, 0) is 43.0 Å². The molecule has 0 aliphatic carbocycles. The summed E-state index contributed by atoms with van der Waals surface area (Å²) in [6.45, 7) is 7.09. The van der Waals surface area contributed by atoms with Gasteiger partial charge in [-0.25, -0.2) is 0 Å². The number of ether oxygens (including phenoxy) is 2. The van der Waals surface area contributed by atoms with Crippen molar-refractivity contribution in [2.45, 2.75) is 232 Å². The first-order valence-corrected chi connectivity index (χ1v) is 24.3. The van der Waals surface area contributed by atoms with E-state index in [1.165, 1.54) is 64.7 Å². The summed E-state index contributed by atoms with van der Waals surface area (Å²) in [6, 6.07) is -3.85. The van der Waals surface area contributed by atoms with Gasteiger partial charge in [0, 0.05) is 31.4 Å². The van der Waals surface area contributed by atoms with Crippen molar-refractivity contribution in [3.63, 3.8) is 0 Å². The van der Waals surface area contributed by atoms with Crippen LogP contribution in [0.2, 0.25) is 0 Å². The van der Waals surface area contributed by atoms with Crippen LogP contribution >= 0.6 is 12.6 Å². The van der Waals surface area contributed by atoms with Crippen molar-refractivity contribution in [2.24, 2.45) is 5.73 Å². The number of rotatable bonds is 41. The van der Waals surface area contributed by atoms with Gasteiger partial charge in [0.15, 0.2) is 6.10 Å². The highest BCUT2D eigenvalue weighted by molar-refractivity contribution is 7.80. The lowest BCUT2D eigenvalue weighted by molar-refractivity contribution is -0.163. The van der Waals surface area contributed by atoms with Gasteiger partial charge in [0.05, 0.1) is 6.54 Å². The summed E-state index contributed by atoms with van der Waals surface area (Å²) in [5.74, 6) is -5.19. The molecule has 0 rings (SSSR count). The van der Waals surface area contributed by atoms with Crippen molar-refractivity contribution in [1.82, 2.24) is 15.5 Å². The van der Waals surface area contributed by atoms with Crippen molar-refractivity contribution < 1.29 is 48.1 Å². The number of carbonyl (C=O) groups excluding carboxylic acids is 6. The highest BCUT2D eigenvalue weighted by Crippen LogP contribution is 2.16. The summed E-state index contributed by atoms with van der Waals surface area (Å²) in [7, 11) is 0. The van der Waals surface area contributed by atoms with Gasteiger partial charge in [0.25, 0.3) is 0 Å². The van der Waals surface area contributed by atoms with Crippen LogP contribution in [0.5, 0.6) is 0 Å². The van der Waals surface area contributed by atoms with E-state index in [1.807, 2.05) is 0 Å². The molecular formula is C46H84N4O10S. The predicted molar refractivity (Wildman–Crippen MR) is 243 cm³/mol. The van der Waals surface area contributed by atoms with E-state index >= 15 is 0 Å². The van der Waals surface area contributed by atoms with Crippen molar-refractivity contribution in [1.29, 1.82) is 0 Å². The summed E-state index contributed by atoms with van der Waals surface area (Å²) in [4.78, 5) is 91.6. The molecule has 61 heavy (non-hydrogen) atoms. The molecular weight excluding hydrogens is 801 g/mol. The maximum atomic E-state index is 14.3. The van der Waals surface area contributed by atoms with Gasteiger partial charge in [0.1, 0.15) is 24.7 Å². The number of nitrogens with one attached hydrogen (secondary N) is 2. The molecule has 4 amide bonds. The quantitative estimate of drug-likeness (QED) is 0.0226. The second kappa shape index (κ2) is 38.3. The Labute approximate surface area is 373 Å². The van der Waals surface area contributed by atoms with Gasteiger partial charge in [-0.2, -0.15) is 12.6 Å². The molecule has 0 radical (unpaired) electrons. The van der Waals surface area contributed by atoms with Crippen LogP contribution in [-0.4, -0.2) is 94.7 Å². The normalized spacial score (nSPS) is 13.1. The number of esters is 2. The second-order valence-corrected chi connectivity index (χ2v) is 16.8. The Kier molecular flexibility index (Phi) is 36.2. The Hall–Kier alpha value is -3.36. The Morgan fingerprint density at radius 2 is 1.05 bits per heavy atom. The fourth-order valence-electron chi connectivity index (χ4n) is 6.97. The van der Waals surface area contributed by atoms with E-state index in [1.54, 1.807) is 0 Å². The zero-order valence-electron chi connectivity index (χ0n) is 38.3. The molecule has 0 aromatic heterocycles. The summed E-state index contributed by atoms with van der Waals surface area (Å²) < 4.78 is 11.5. The Balaban J connectivity index is 6.12. The molecule has 1 unspecified atom stereocenters. The van der Waals surface area contributed by atoms with Gasteiger partial charge < -0.3 is 35.8 Å². The minimum Gasteiger partial charge on any atom is -0.481 e. The molecule has 0 saturated heterocycles. The first-order chi connectivity index (χ1) is 29.3. The zero-order valence-corrected chi connectivity index (χ0v) is 39.2. The number of carboxylic acid groups (broad SMARTS) is 1. The van der Waals surface area contributed by atoms with Crippen molar-refractivity contribution in [3.05, 3.63) is 0 Å². The first-order valence-electron chi connectivity index (χ1n) is 23.7. The van der Waals surface area contributed by atoms with Crippen molar-refractivity contribution in [3.8, 4) is 0 Å². The van der Waals surface area contributed by atoms with Crippen molar-refractivity contribution in [2.75, 3.05) is 18.9 Å². The highest BCUT2D eigenvalue weighted by atomic mass is 32.1. The van der Waals surface area contributed by atoms with Gasteiger partial charge in [0.2, 0.25) is 23.6 Å². The van der Waals surface area contributed by atoms with Gasteiger partial charge in [-0.15, -0.1) is 0 Å². The van der Waals surface area contributed by atoms with Gasteiger partial charge in [-0.1, -0.05) is 149 Å². The van der Waals surface area contributed by atoms with Gasteiger partial charge in [-0.3, -0.25) is 33.6 Å². The average molecular weight is 885 g/mol. The van der Waals surface area contributed by atoms with Crippen LogP contribution in [0.4, 0.5) is 0 Å². The topological polar surface area (TPSA) is 211 Å². The third-order valence-corrected chi connectivity index (χ3v) is 11.2. The lowest BCUT2D eigenvalue weighted by Crippen LogP contribution is -2.59. The molecule has 4 atom stereocenters. The number of hydrogen-bond acceptors (Lipinski definition) is 10. The van der Waals surface area contributed by atoms with Crippen LogP contribution in [0.1, 0.15) is 207 Å². The number of carbonyl (C=O) groups is 7. The minimum atomic E-state index is -1.34. The van der Waals surface area contributed by atoms with Crippen LogP contribution in [0, 0.1) is 0 Å². The summed E-state index contributed by atoms with van der Waals surface area (Å²) in [5, 5.41) is 14.3. The fourth-order valence-corrected chi connectivity index (χ4v) is 7.22. The second-order valence-electron chi connectivity index (χ2n) is 16.5. The molecule has 0 aliphatic heterocycles. The van der Waals surface area contributed by atoms with Crippen LogP contribution < -0.4 is 16.4 Å². The maximum absolute atomic E-state index is 14.3. The summed E-state index contributed by atoms with van der Waals surface area (Å²) in [6.07, 6.45) is 22.4.